The number of thioether (sulfide) groups is 1. The fourth-order valence-corrected chi connectivity index (χ4v) is 1.97. The first-order valence-electron chi connectivity index (χ1n) is 4.41. The van der Waals surface area contributed by atoms with Gasteiger partial charge in [0.15, 0.2) is 0 Å². The average molecular weight is 216 g/mol. The first-order valence-corrected chi connectivity index (χ1v) is 5.39. The topological polar surface area (TPSA) is 87.1 Å². The number of nitriles is 1. The summed E-state index contributed by atoms with van der Waals surface area (Å²) in [6, 6.07) is 1.18. The quantitative estimate of drug-likeness (QED) is 0.652. The predicted molar refractivity (Wildman–Crippen MR) is 57.0 cm³/mol. The van der Waals surface area contributed by atoms with Gasteiger partial charge in [0.05, 0.1) is 6.07 Å². The molecule has 80 valence electrons. The summed E-state index contributed by atoms with van der Waals surface area (Å²) in [5, 5.41) is 17.0. The van der Waals surface area contributed by atoms with Crippen LogP contribution in [0.3, 0.4) is 0 Å². The van der Waals surface area contributed by atoms with Crippen LogP contribution in [0.5, 0.6) is 0 Å². The molecule has 0 unspecified atom stereocenters. The van der Waals surface area contributed by atoms with Crippen LogP contribution in [0.15, 0.2) is 0 Å². The molecule has 0 bridgehead atoms. The molecule has 0 aliphatic rings. The lowest BCUT2D eigenvalue weighted by Gasteiger charge is -2.27. The third-order valence-corrected chi connectivity index (χ3v) is 3.41. The molecule has 0 saturated carbocycles. The molecule has 0 spiro atoms. The maximum atomic E-state index is 10.6. The summed E-state index contributed by atoms with van der Waals surface area (Å²) in [5.74, 6) is -0.218. The Labute approximate surface area is 88.5 Å². The van der Waals surface area contributed by atoms with E-state index < -0.39 is 16.8 Å². The highest BCUT2D eigenvalue weighted by Gasteiger charge is 2.32. The fraction of sp³-hybridized carbons (Fsp3) is 0.778. The average Bonchev–Trinajstić information content (AvgIpc) is 2.11. The van der Waals surface area contributed by atoms with Crippen molar-refractivity contribution in [3.8, 4) is 6.07 Å². The van der Waals surface area contributed by atoms with Gasteiger partial charge in [-0.1, -0.05) is 0 Å². The van der Waals surface area contributed by atoms with Crippen LogP contribution in [0.4, 0.5) is 0 Å². The van der Waals surface area contributed by atoms with Crippen molar-refractivity contribution in [1.82, 2.24) is 0 Å². The number of hydrogen-bond acceptors (Lipinski definition) is 4. The summed E-state index contributed by atoms with van der Waals surface area (Å²) in [4.78, 5) is 10.6. The van der Waals surface area contributed by atoms with Crippen LogP contribution in [0, 0.1) is 11.3 Å². The molecular formula is C9H16N2O2S. The molecule has 0 fully saturated rings. The van der Waals surface area contributed by atoms with E-state index in [2.05, 4.69) is 0 Å². The van der Waals surface area contributed by atoms with Crippen molar-refractivity contribution in [3.05, 3.63) is 0 Å². The molecule has 5 heteroatoms. The zero-order valence-electron chi connectivity index (χ0n) is 8.49. The Morgan fingerprint density at radius 3 is 2.71 bits per heavy atom. The van der Waals surface area contributed by atoms with Crippen molar-refractivity contribution in [2.24, 2.45) is 5.73 Å². The van der Waals surface area contributed by atoms with Crippen LogP contribution >= 0.6 is 11.8 Å². The number of carboxylic acid groups (broad SMARTS) is 1. The van der Waals surface area contributed by atoms with E-state index in [0.29, 0.717) is 6.42 Å². The first-order chi connectivity index (χ1) is 6.41. The van der Waals surface area contributed by atoms with Gasteiger partial charge in [0.2, 0.25) is 0 Å². The van der Waals surface area contributed by atoms with Gasteiger partial charge in [-0.15, -0.1) is 0 Å². The molecule has 0 aliphatic heterocycles. The number of unbranched alkanes of at least 4 members (excludes halogenated alkanes) is 1. The summed E-state index contributed by atoms with van der Waals surface area (Å²) in [6.45, 7) is 3.62. The minimum absolute atomic E-state index is 0.485. The number of carbonyl (C=O) groups is 1. The summed E-state index contributed by atoms with van der Waals surface area (Å²) in [7, 11) is 0. The maximum absolute atomic E-state index is 10.6. The molecule has 0 amide bonds. The first kappa shape index (κ1) is 13.3. The van der Waals surface area contributed by atoms with Gasteiger partial charge < -0.3 is 10.8 Å². The van der Waals surface area contributed by atoms with Crippen LogP contribution in [0.2, 0.25) is 0 Å². The zero-order valence-corrected chi connectivity index (χ0v) is 9.30. The summed E-state index contributed by atoms with van der Waals surface area (Å²) >= 11 is 1.50. The van der Waals surface area contributed by atoms with Gasteiger partial charge in [-0.3, -0.25) is 4.79 Å². The van der Waals surface area contributed by atoms with Crippen LogP contribution in [-0.4, -0.2) is 27.6 Å². The van der Waals surface area contributed by atoms with Gasteiger partial charge in [0, 0.05) is 11.2 Å². The number of rotatable bonds is 6. The zero-order chi connectivity index (χ0) is 11.2. The standard InChI is InChI=1S/C9H16N2O2S/c1-9(2,7(11)8(12)13)14-6-4-3-5-10/h7H,3-4,6,11H2,1-2H3,(H,12,13)/t7-/m1/s1. The Morgan fingerprint density at radius 2 is 2.29 bits per heavy atom. The van der Waals surface area contributed by atoms with Crippen LogP contribution < -0.4 is 5.73 Å². The lowest BCUT2D eigenvalue weighted by Crippen LogP contribution is -2.46. The van der Waals surface area contributed by atoms with Crippen molar-refractivity contribution in [3.63, 3.8) is 0 Å². The highest BCUT2D eigenvalue weighted by Crippen LogP contribution is 2.28. The number of carboxylic acids is 1. The van der Waals surface area contributed by atoms with Gasteiger partial charge in [-0.05, 0) is 26.0 Å². The molecule has 0 radical (unpaired) electrons. The van der Waals surface area contributed by atoms with E-state index in [1.54, 1.807) is 0 Å². The molecule has 0 aromatic carbocycles. The molecule has 0 heterocycles. The Bertz CT molecular complexity index is 235. The fourth-order valence-electron chi connectivity index (χ4n) is 0.874. The van der Waals surface area contributed by atoms with Gasteiger partial charge in [0.25, 0.3) is 0 Å². The maximum Gasteiger partial charge on any atom is 0.321 e. The van der Waals surface area contributed by atoms with Gasteiger partial charge in [-0.2, -0.15) is 17.0 Å². The van der Waals surface area contributed by atoms with Gasteiger partial charge in [0.1, 0.15) is 6.04 Å². The molecule has 4 nitrogen and oxygen atoms in total. The van der Waals surface area contributed by atoms with Crippen LogP contribution in [0.25, 0.3) is 0 Å². The second-order valence-corrected chi connectivity index (χ2v) is 5.28. The minimum Gasteiger partial charge on any atom is -0.480 e. The molecule has 0 saturated heterocycles. The molecule has 0 aromatic heterocycles. The second kappa shape index (κ2) is 5.89. The normalized spacial score (nSPS) is 13.3. The molecule has 14 heavy (non-hydrogen) atoms. The number of nitrogens with zero attached hydrogens (tertiary/aromatic N) is 1. The van der Waals surface area contributed by atoms with E-state index in [9.17, 15) is 4.79 Å². The molecular weight excluding hydrogens is 200 g/mol. The lowest BCUT2D eigenvalue weighted by atomic mass is 10.1. The van der Waals surface area contributed by atoms with E-state index in [1.165, 1.54) is 11.8 Å². The SMILES string of the molecule is CC(C)(SCCCC#N)[C@H](N)C(=O)O. The van der Waals surface area contributed by atoms with Crippen molar-refractivity contribution in [2.45, 2.75) is 37.5 Å². The van der Waals surface area contributed by atoms with Crippen LogP contribution in [-0.2, 0) is 4.79 Å². The Hall–Kier alpha value is -0.730. The van der Waals surface area contributed by atoms with Gasteiger partial charge in [-0.25, -0.2) is 0 Å². The molecule has 3 N–H and O–H groups in total. The van der Waals surface area contributed by atoms with E-state index in [4.69, 9.17) is 16.1 Å². The molecule has 0 aromatic rings. The number of nitrogens with two attached hydrogens (primary N) is 1. The van der Waals surface area contributed by atoms with E-state index >= 15 is 0 Å². The highest BCUT2D eigenvalue weighted by molar-refractivity contribution is 8.00. The summed E-state index contributed by atoms with van der Waals surface area (Å²) in [6.07, 6.45) is 1.28. The third kappa shape index (κ3) is 4.49. The lowest BCUT2D eigenvalue weighted by molar-refractivity contribution is -0.139. The summed E-state index contributed by atoms with van der Waals surface area (Å²) < 4.78 is -0.485. The van der Waals surface area contributed by atoms with E-state index in [1.807, 2.05) is 19.9 Å². The number of hydrogen-bond donors (Lipinski definition) is 2. The smallest absolute Gasteiger partial charge is 0.321 e. The van der Waals surface area contributed by atoms with Crippen molar-refractivity contribution >= 4 is 17.7 Å². The Balaban J connectivity index is 3.95. The molecule has 0 aliphatic carbocycles. The third-order valence-electron chi connectivity index (χ3n) is 1.92. The Kier molecular flexibility index (Phi) is 5.58. The summed E-state index contributed by atoms with van der Waals surface area (Å²) in [5.41, 5.74) is 5.52. The monoisotopic (exact) mass is 216 g/mol. The Morgan fingerprint density at radius 1 is 1.71 bits per heavy atom. The highest BCUT2D eigenvalue weighted by atomic mass is 32.2. The predicted octanol–water partition coefficient (Wildman–Crippen LogP) is 1.21. The van der Waals surface area contributed by atoms with E-state index in [-0.39, 0.29) is 0 Å². The van der Waals surface area contributed by atoms with Crippen LogP contribution in [0.1, 0.15) is 26.7 Å². The van der Waals surface area contributed by atoms with E-state index in [0.717, 1.165) is 12.2 Å². The van der Waals surface area contributed by atoms with Gasteiger partial charge >= 0.3 is 5.97 Å². The molecule has 0 rings (SSSR count). The largest absolute Gasteiger partial charge is 0.480 e. The number of aliphatic carboxylic acids is 1. The molecule has 1 atom stereocenters. The van der Waals surface area contributed by atoms with Crippen molar-refractivity contribution in [1.29, 1.82) is 5.26 Å². The minimum atomic E-state index is -0.984. The van der Waals surface area contributed by atoms with Crippen molar-refractivity contribution in [2.75, 3.05) is 5.75 Å². The van der Waals surface area contributed by atoms with Crippen molar-refractivity contribution < 1.29 is 9.90 Å². The second-order valence-electron chi connectivity index (χ2n) is 3.53.